The maximum atomic E-state index is 2.53. The second kappa shape index (κ2) is 8.87. The van der Waals surface area contributed by atoms with Gasteiger partial charge in [0.25, 0.3) is 0 Å². The van der Waals surface area contributed by atoms with E-state index in [2.05, 4.69) is 166 Å². The second-order valence-electron chi connectivity index (χ2n) is 12.2. The Morgan fingerprint density at radius 3 is 1.96 bits per heavy atom. The van der Waals surface area contributed by atoms with Crippen molar-refractivity contribution in [3.8, 4) is 11.4 Å². The lowest BCUT2D eigenvalue weighted by atomic mass is 10.1. The first-order chi connectivity index (χ1) is 22.8. The summed E-state index contributed by atoms with van der Waals surface area (Å²) in [6, 6.07) is 55.5. The van der Waals surface area contributed by atoms with E-state index in [1.165, 1.54) is 86.5 Å². The zero-order valence-corrected chi connectivity index (χ0v) is 25.5. The summed E-state index contributed by atoms with van der Waals surface area (Å²) in [7, 11) is 0. The zero-order valence-electron chi connectivity index (χ0n) is 24.7. The number of rotatable bonds is 2. The van der Waals surface area contributed by atoms with Crippen LogP contribution in [0.3, 0.4) is 0 Å². The van der Waals surface area contributed by atoms with Crippen LogP contribution in [-0.4, -0.2) is 9.13 Å². The molecule has 0 amide bonds. The molecule has 1 aliphatic rings. The number of fused-ring (bicyclic) bond motifs is 12. The molecule has 3 nitrogen and oxygen atoms in total. The average Bonchev–Trinajstić information content (AvgIpc) is 3.77. The molecule has 0 spiro atoms. The molecule has 0 fully saturated rings. The van der Waals surface area contributed by atoms with Gasteiger partial charge in [-0.25, -0.2) is 0 Å². The number of para-hydroxylation sites is 5. The molecule has 11 rings (SSSR count). The Labute approximate surface area is 268 Å². The maximum absolute atomic E-state index is 2.53. The molecule has 0 aliphatic carbocycles. The Balaban J connectivity index is 1.23. The molecule has 214 valence electrons. The molecule has 46 heavy (non-hydrogen) atoms. The number of aromatic nitrogens is 2. The molecule has 4 heteroatoms. The Bertz CT molecular complexity index is 2870. The van der Waals surface area contributed by atoms with Crippen molar-refractivity contribution in [2.24, 2.45) is 0 Å². The fourth-order valence-electron chi connectivity index (χ4n) is 7.94. The van der Waals surface area contributed by atoms with Crippen LogP contribution in [-0.2, 0) is 0 Å². The molecule has 7 aromatic carbocycles. The predicted molar refractivity (Wildman–Crippen MR) is 196 cm³/mol. The first kappa shape index (κ1) is 24.5. The summed E-state index contributed by atoms with van der Waals surface area (Å²) in [6.45, 7) is 0. The minimum atomic E-state index is 1.16. The van der Waals surface area contributed by atoms with Crippen LogP contribution in [0.2, 0.25) is 0 Å². The van der Waals surface area contributed by atoms with Gasteiger partial charge < -0.3 is 14.0 Å². The quantitative estimate of drug-likeness (QED) is 0.192. The lowest BCUT2D eigenvalue weighted by molar-refractivity contribution is 1.12. The fourth-order valence-corrected chi connectivity index (χ4v) is 9.18. The highest BCUT2D eigenvalue weighted by molar-refractivity contribution is 7.26. The van der Waals surface area contributed by atoms with E-state index in [-0.39, 0.29) is 0 Å². The van der Waals surface area contributed by atoms with Gasteiger partial charge in [0.05, 0.1) is 43.8 Å². The van der Waals surface area contributed by atoms with Crippen LogP contribution in [0.1, 0.15) is 0 Å². The third-order valence-electron chi connectivity index (χ3n) is 9.81. The van der Waals surface area contributed by atoms with Crippen molar-refractivity contribution in [3.05, 3.63) is 152 Å². The Kier molecular flexibility index (Phi) is 4.72. The number of hydrogen-bond acceptors (Lipinski definition) is 2. The van der Waals surface area contributed by atoms with Crippen molar-refractivity contribution in [2.45, 2.75) is 0 Å². The van der Waals surface area contributed by atoms with E-state index in [4.69, 9.17) is 0 Å². The lowest BCUT2D eigenvalue weighted by Gasteiger charge is -2.33. The molecule has 0 radical (unpaired) electrons. The molecule has 4 heterocycles. The number of benzene rings is 7. The van der Waals surface area contributed by atoms with Gasteiger partial charge in [-0.3, -0.25) is 0 Å². The molecule has 0 atom stereocenters. The summed E-state index contributed by atoms with van der Waals surface area (Å²) < 4.78 is 7.59. The highest BCUT2D eigenvalue weighted by Crippen LogP contribution is 2.52. The molecule has 0 saturated carbocycles. The molecular weight excluding hydrogens is 579 g/mol. The largest absolute Gasteiger partial charge is 0.309 e. The van der Waals surface area contributed by atoms with E-state index in [1.54, 1.807) is 0 Å². The van der Waals surface area contributed by atoms with E-state index in [0.29, 0.717) is 0 Å². The first-order valence-electron chi connectivity index (χ1n) is 15.7. The molecule has 0 saturated heterocycles. The van der Waals surface area contributed by atoms with E-state index in [9.17, 15) is 0 Å². The Morgan fingerprint density at radius 1 is 0.370 bits per heavy atom. The molecule has 0 bridgehead atoms. The molecule has 1 aliphatic heterocycles. The summed E-state index contributed by atoms with van der Waals surface area (Å²) in [6.07, 6.45) is 0. The van der Waals surface area contributed by atoms with Gasteiger partial charge >= 0.3 is 0 Å². The van der Waals surface area contributed by atoms with Crippen LogP contribution in [0.4, 0.5) is 17.1 Å². The van der Waals surface area contributed by atoms with E-state index >= 15 is 0 Å². The zero-order chi connectivity index (χ0) is 29.9. The molecule has 0 N–H and O–H groups in total. The highest BCUT2D eigenvalue weighted by atomic mass is 32.1. The summed E-state index contributed by atoms with van der Waals surface area (Å²) in [5, 5.41) is 7.75. The van der Waals surface area contributed by atoms with Crippen molar-refractivity contribution in [1.82, 2.24) is 9.13 Å². The smallest absolute Gasteiger partial charge is 0.0783 e. The minimum Gasteiger partial charge on any atom is -0.309 e. The summed E-state index contributed by atoms with van der Waals surface area (Å²) >= 11 is 1.90. The SMILES string of the molecule is c1ccc(-n2c3ccccc3c3cc(N4c5ccccc5-n5c6c4cccc6c4ccc6c7ccccc7sc6c45)ccc32)cc1. The van der Waals surface area contributed by atoms with Gasteiger partial charge in [0.1, 0.15) is 0 Å². The van der Waals surface area contributed by atoms with Crippen LogP contribution in [0.15, 0.2) is 152 Å². The van der Waals surface area contributed by atoms with Crippen molar-refractivity contribution < 1.29 is 0 Å². The van der Waals surface area contributed by atoms with Gasteiger partial charge in [-0.05, 0) is 60.7 Å². The normalized spacial score (nSPS) is 12.7. The van der Waals surface area contributed by atoms with Gasteiger partial charge in [-0.1, -0.05) is 91.0 Å². The summed E-state index contributed by atoms with van der Waals surface area (Å²) in [4.78, 5) is 2.47. The van der Waals surface area contributed by atoms with Crippen LogP contribution < -0.4 is 4.90 Å². The third kappa shape index (κ3) is 3.06. The standard InChI is InChI=1S/C42H25N3S/c1-2-11-26(12-3-1)43-34-16-6-4-13-28(34)33-25-27(21-24-35(33)43)44-36-17-7-8-18-37(36)45-40-30(15-10-19-38(40)44)31-22-23-32-29-14-5-9-20-39(29)46-42(32)41(31)45/h1-25H. The van der Waals surface area contributed by atoms with Crippen LogP contribution >= 0.6 is 11.3 Å². The minimum absolute atomic E-state index is 1.16. The van der Waals surface area contributed by atoms with Crippen LogP contribution in [0.25, 0.3) is 75.2 Å². The van der Waals surface area contributed by atoms with Crippen LogP contribution in [0, 0.1) is 0 Å². The second-order valence-corrected chi connectivity index (χ2v) is 13.2. The Morgan fingerprint density at radius 2 is 1.04 bits per heavy atom. The molecular formula is C42H25N3S. The number of nitrogens with zero attached hydrogens (tertiary/aromatic N) is 3. The summed E-state index contributed by atoms with van der Waals surface area (Å²) in [5.74, 6) is 0. The lowest BCUT2D eigenvalue weighted by Crippen LogP contribution is -2.18. The van der Waals surface area contributed by atoms with Crippen molar-refractivity contribution >= 4 is 92.2 Å². The number of anilines is 3. The maximum Gasteiger partial charge on any atom is 0.0783 e. The van der Waals surface area contributed by atoms with Gasteiger partial charge in [0, 0.05) is 48.4 Å². The molecule has 10 aromatic rings. The van der Waals surface area contributed by atoms with Gasteiger partial charge in [0.2, 0.25) is 0 Å². The van der Waals surface area contributed by atoms with Crippen molar-refractivity contribution in [2.75, 3.05) is 4.90 Å². The monoisotopic (exact) mass is 603 g/mol. The Hall–Kier alpha value is -5.84. The number of thiophene rings is 1. The van der Waals surface area contributed by atoms with Gasteiger partial charge in [0.15, 0.2) is 0 Å². The highest BCUT2D eigenvalue weighted by Gasteiger charge is 2.30. The van der Waals surface area contributed by atoms with Crippen molar-refractivity contribution in [1.29, 1.82) is 0 Å². The number of hydrogen-bond donors (Lipinski definition) is 0. The third-order valence-corrected chi connectivity index (χ3v) is 11.0. The van der Waals surface area contributed by atoms with E-state index in [0.717, 1.165) is 5.69 Å². The van der Waals surface area contributed by atoms with Crippen LogP contribution in [0.5, 0.6) is 0 Å². The molecule has 0 unspecified atom stereocenters. The van der Waals surface area contributed by atoms with Crippen molar-refractivity contribution in [3.63, 3.8) is 0 Å². The molecule has 3 aromatic heterocycles. The topological polar surface area (TPSA) is 13.1 Å². The van der Waals surface area contributed by atoms with E-state index in [1.807, 2.05) is 11.3 Å². The predicted octanol–water partition coefficient (Wildman–Crippen LogP) is 12.0. The summed E-state index contributed by atoms with van der Waals surface area (Å²) in [5.41, 5.74) is 10.9. The average molecular weight is 604 g/mol. The van der Waals surface area contributed by atoms with Gasteiger partial charge in [-0.2, -0.15) is 0 Å². The van der Waals surface area contributed by atoms with Gasteiger partial charge in [-0.15, -0.1) is 11.3 Å². The first-order valence-corrected chi connectivity index (χ1v) is 16.5. The fraction of sp³-hybridized carbons (Fsp3) is 0. The van der Waals surface area contributed by atoms with E-state index < -0.39 is 0 Å².